The molecule has 2 rings (SSSR count). The van der Waals surface area contributed by atoms with Crippen LogP contribution in [-0.2, 0) is 4.74 Å². The molecule has 2 atom stereocenters. The summed E-state index contributed by atoms with van der Waals surface area (Å²) >= 11 is 5.77. The number of nitrogens with zero attached hydrogens (tertiary/aromatic N) is 1. The molecule has 1 amide bonds. The van der Waals surface area contributed by atoms with Crippen LogP contribution in [0.5, 0.6) is 0 Å². The number of nitrogens with one attached hydrogen (secondary N) is 1. The summed E-state index contributed by atoms with van der Waals surface area (Å²) in [4.78, 5) is 22.4. The number of nitro groups is 1. The maximum Gasteiger partial charge on any atom is 0.282 e. The van der Waals surface area contributed by atoms with E-state index in [1.54, 1.807) is 6.92 Å². The third-order valence-electron chi connectivity index (χ3n) is 3.61. The summed E-state index contributed by atoms with van der Waals surface area (Å²) in [5.74, 6) is -0.656. The molecule has 21 heavy (non-hydrogen) atoms. The quantitative estimate of drug-likeness (QED) is 0.648. The van der Waals surface area contributed by atoms with Gasteiger partial charge in [-0.1, -0.05) is 11.6 Å². The Morgan fingerprint density at radius 3 is 2.95 bits per heavy atom. The Hall–Kier alpha value is -1.70. The second-order valence-electron chi connectivity index (χ2n) is 4.97. The van der Waals surface area contributed by atoms with Gasteiger partial charge in [0.25, 0.3) is 11.6 Å². The Balaban J connectivity index is 2.14. The summed E-state index contributed by atoms with van der Waals surface area (Å²) < 4.78 is 5.26. The van der Waals surface area contributed by atoms with Crippen molar-refractivity contribution >= 4 is 23.2 Å². The van der Waals surface area contributed by atoms with Crippen molar-refractivity contribution in [1.29, 1.82) is 0 Å². The lowest BCUT2D eigenvalue weighted by atomic mass is 9.96. The Bertz CT molecular complexity index is 580. The lowest BCUT2D eigenvalue weighted by molar-refractivity contribution is -0.385. The molecule has 0 radical (unpaired) electrons. The van der Waals surface area contributed by atoms with Gasteiger partial charge in [-0.3, -0.25) is 14.9 Å². The van der Waals surface area contributed by atoms with Gasteiger partial charge in [-0.05, 0) is 19.1 Å². The first-order valence-corrected chi connectivity index (χ1v) is 6.77. The number of benzene rings is 1. The summed E-state index contributed by atoms with van der Waals surface area (Å²) in [6.45, 7) is 2.07. The largest absolute Gasteiger partial charge is 0.385 e. The van der Waals surface area contributed by atoms with Crippen molar-refractivity contribution in [1.82, 2.24) is 5.32 Å². The molecule has 2 N–H and O–H groups in total. The zero-order valence-corrected chi connectivity index (χ0v) is 12.1. The highest BCUT2D eigenvalue weighted by molar-refractivity contribution is 6.31. The van der Waals surface area contributed by atoms with Crippen LogP contribution < -0.4 is 5.32 Å². The van der Waals surface area contributed by atoms with E-state index < -0.39 is 22.5 Å². The van der Waals surface area contributed by atoms with E-state index in [9.17, 15) is 20.0 Å². The number of hydrogen-bond acceptors (Lipinski definition) is 5. The summed E-state index contributed by atoms with van der Waals surface area (Å²) in [5.41, 5.74) is -1.63. The predicted molar refractivity (Wildman–Crippen MR) is 75.4 cm³/mol. The fraction of sp³-hybridized carbons (Fsp3) is 0.462. The van der Waals surface area contributed by atoms with Gasteiger partial charge in [0.2, 0.25) is 0 Å². The molecule has 0 saturated carbocycles. The average Bonchev–Trinajstić information content (AvgIpc) is 2.76. The number of aliphatic hydroxyl groups is 1. The Kier molecular flexibility index (Phi) is 4.46. The van der Waals surface area contributed by atoms with Crippen molar-refractivity contribution in [3.8, 4) is 0 Å². The standard InChI is InChI=1S/C13H15ClN2O5/c1-8-13(18,4-5-21-8)7-15-12(17)10-6-9(14)2-3-11(10)16(19)20/h2-3,6,8,18H,4-5,7H2,1H3,(H,15,17). The van der Waals surface area contributed by atoms with Crippen molar-refractivity contribution < 1.29 is 19.6 Å². The van der Waals surface area contributed by atoms with E-state index in [4.69, 9.17) is 16.3 Å². The summed E-state index contributed by atoms with van der Waals surface area (Å²) in [7, 11) is 0. The minimum Gasteiger partial charge on any atom is -0.385 e. The monoisotopic (exact) mass is 314 g/mol. The van der Waals surface area contributed by atoms with Gasteiger partial charge in [-0.15, -0.1) is 0 Å². The number of rotatable bonds is 4. The van der Waals surface area contributed by atoms with E-state index in [1.807, 2.05) is 0 Å². The van der Waals surface area contributed by atoms with E-state index in [1.165, 1.54) is 18.2 Å². The number of nitro benzene ring substituents is 1. The van der Waals surface area contributed by atoms with Crippen LogP contribution in [-0.4, -0.2) is 40.8 Å². The highest BCUT2D eigenvalue weighted by Crippen LogP contribution is 2.26. The van der Waals surface area contributed by atoms with Crippen LogP contribution in [0.2, 0.25) is 5.02 Å². The van der Waals surface area contributed by atoms with Crippen LogP contribution in [0, 0.1) is 10.1 Å². The minimum atomic E-state index is -1.16. The number of halogens is 1. The Labute approximate surface area is 126 Å². The minimum absolute atomic E-state index is 0.0450. The van der Waals surface area contributed by atoms with Crippen LogP contribution >= 0.6 is 11.6 Å². The highest BCUT2D eigenvalue weighted by atomic mass is 35.5. The lowest BCUT2D eigenvalue weighted by Gasteiger charge is -2.26. The second-order valence-corrected chi connectivity index (χ2v) is 5.40. The lowest BCUT2D eigenvalue weighted by Crippen LogP contribution is -2.47. The van der Waals surface area contributed by atoms with Crippen LogP contribution in [0.25, 0.3) is 0 Å². The molecule has 1 heterocycles. The molecule has 0 aromatic heterocycles. The first kappa shape index (κ1) is 15.7. The first-order valence-electron chi connectivity index (χ1n) is 6.39. The van der Waals surface area contributed by atoms with Gasteiger partial charge < -0.3 is 15.2 Å². The molecule has 0 bridgehead atoms. The Morgan fingerprint density at radius 1 is 1.67 bits per heavy atom. The van der Waals surface area contributed by atoms with Gasteiger partial charge >= 0.3 is 0 Å². The molecular weight excluding hydrogens is 300 g/mol. The molecule has 1 fully saturated rings. The zero-order valence-electron chi connectivity index (χ0n) is 11.3. The third-order valence-corrected chi connectivity index (χ3v) is 3.85. The molecule has 114 valence electrons. The first-order chi connectivity index (χ1) is 9.83. The fourth-order valence-electron chi connectivity index (χ4n) is 2.18. The summed E-state index contributed by atoms with van der Waals surface area (Å²) in [6, 6.07) is 3.75. The average molecular weight is 315 g/mol. The summed E-state index contributed by atoms with van der Waals surface area (Å²) in [5, 5.41) is 23.9. The normalized spacial score (nSPS) is 24.8. The molecule has 2 unspecified atom stereocenters. The molecule has 1 aromatic rings. The van der Waals surface area contributed by atoms with Crippen molar-refractivity contribution in [3.05, 3.63) is 38.9 Å². The fourth-order valence-corrected chi connectivity index (χ4v) is 2.35. The molecule has 0 spiro atoms. The molecule has 7 nitrogen and oxygen atoms in total. The SMILES string of the molecule is CC1OCCC1(O)CNC(=O)c1cc(Cl)ccc1[N+](=O)[O-]. The van der Waals surface area contributed by atoms with E-state index in [0.29, 0.717) is 13.0 Å². The number of amides is 1. The highest BCUT2D eigenvalue weighted by Gasteiger charge is 2.40. The van der Waals surface area contributed by atoms with Gasteiger partial charge in [-0.2, -0.15) is 0 Å². The van der Waals surface area contributed by atoms with E-state index in [0.717, 1.165) is 0 Å². The molecule has 1 aromatic carbocycles. The smallest absolute Gasteiger partial charge is 0.282 e. The number of hydrogen-bond donors (Lipinski definition) is 2. The zero-order chi connectivity index (χ0) is 15.6. The topological polar surface area (TPSA) is 102 Å². The maximum absolute atomic E-state index is 12.1. The van der Waals surface area contributed by atoms with Gasteiger partial charge in [0, 0.05) is 30.7 Å². The van der Waals surface area contributed by atoms with Crippen molar-refractivity contribution in [3.63, 3.8) is 0 Å². The predicted octanol–water partition coefficient (Wildman–Crippen LogP) is 1.52. The van der Waals surface area contributed by atoms with Crippen LogP contribution in [0.3, 0.4) is 0 Å². The second kappa shape index (κ2) is 5.97. The maximum atomic E-state index is 12.1. The van der Waals surface area contributed by atoms with E-state index >= 15 is 0 Å². The number of carbonyl (C=O) groups is 1. The van der Waals surface area contributed by atoms with Crippen molar-refractivity contribution in [2.45, 2.75) is 25.0 Å². The molecule has 1 aliphatic heterocycles. The van der Waals surface area contributed by atoms with Gasteiger partial charge in [0.05, 0.1) is 11.0 Å². The van der Waals surface area contributed by atoms with Gasteiger partial charge in [0.1, 0.15) is 11.2 Å². The third kappa shape index (κ3) is 3.31. The van der Waals surface area contributed by atoms with E-state index in [-0.39, 0.29) is 22.8 Å². The van der Waals surface area contributed by atoms with Crippen LogP contribution in [0.15, 0.2) is 18.2 Å². The molecular formula is C13H15ClN2O5. The van der Waals surface area contributed by atoms with Gasteiger partial charge in [0.15, 0.2) is 0 Å². The number of ether oxygens (including phenoxy) is 1. The molecule has 8 heteroatoms. The molecule has 0 aliphatic carbocycles. The van der Waals surface area contributed by atoms with Gasteiger partial charge in [-0.25, -0.2) is 0 Å². The van der Waals surface area contributed by atoms with Crippen molar-refractivity contribution in [2.75, 3.05) is 13.2 Å². The summed E-state index contributed by atoms with van der Waals surface area (Å²) in [6.07, 6.45) is -0.0151. The van der Waals surface area contributed by atoms with Crippen molar-refractivity contribution in [2.24, 2.45) is 0 Å². The Morgan fingerprint density at radius 2 is 2.38 bits per heavy atom. The van der Waals surface area contributed by atoms with E-state index in [2.05, 4.69) is 5.32 Å². The van der Waals surface area contributed by atoms with Crippen LogP contribution in [0.1, 0.15) is 23.7 Å². The molecule has 1 aliphatic rings. The molecule has 1 saturated heterocycles. The van der Waals surface area contributed by atoms with Crippen LogP contribution in [0.4, 0.5) is 5.69 Å². The number of carbonyl (C=O) groups excluding carboxylic acids is 1.